The second-order valence-electron chi connectivity index (χ2n) is 6.17. The van der Waals surface area contributed by atoms with Gasteiger partial charge in [0, 0.05) is 36.8 Å². The van der Waals surface area contributed by atoms with E-state index in [2.05, 4.69) is 25.8 Å². The van der Waals surface area contributed by atoms with E-state index in [1.54, 1.807) is 0 Å². The molecule has 146 valence electrons. The molecule has 7 nitrogen and oxygen atoms in total. The van der Waals surface area contributed by atoms with Gasteiger partial charge in [-0.2, -0.15) is 8.90 Å². The Morgan fingerprint density at radius 3 is 2.86 bits per heavy atom. The van der Waals surface area contributed by atoms with E-state index >= 15 is 0 Å². The van der Waals surface area contributed by atoms with Gasteiger partial charge in [-0.05, 0) is 25.1 Å². The highest BCUT2D eigenvalue weighted by molar-refractivity contribution is 7.94. The van der Waals surface area contributed by atoms with Crippen molar-refractivity contribution in [2.24, 2.45) is 0 Å². The number of hydrogen-bond donors (Lipinski definition) is 0. The average molecular weight is 400 g/mol. The first-order valence-electron chi connectivity index (χ1n) is 9.07. The number of fused-ring (bicyclic) bond motifs is 2. The van der Waals surface area contributed by atoms with Crippen molar-refractivity contribution in [3.8, 4) is 5.75 Å². The molecule has 4 rings (SSSR count). The minimum Gasteiger partial charge on any atom is -0.691 e. The summed E-state index contributed by atoms with van der Waals surface area (Å²) < 4.78 is 18.6. The Bertz CT molecular complexity index is 988. The fraction of sp³-hybridized carbons (Fsp3) is 0.250. The molecule has 2 aromatic carbocycles. The molecule has 0 N–H and O–H groups in total. The van der Waals surface area contributed by atoms with Crippen LogP contribution in [0.4, 0.5) is 5.69 Å². The van der Waals surface area contributed by atoms with E-state index in [-0.39, 0.29) is 0 Å². The Balaban J connectivity index is 1.65. The van der Waals surface area contributed by atoms with Crippen LogP contribution >= 0.6 is 12.0 Å². The first kappa shape index (κ1) is 18.8. The molecule has 0 saturated carbocycles. The first-order valence-corrected chi connectivity index (χ1v) is 9.98. The average Bonchev–Trinajstić information content (AvgIpc) is 3.25. The molecule has 3 aromatic rings. The summed E-state index contributed by atoms with van der Waals surface area (Å²) in [5.74, 6) is 2.89. The summed E-state index contributed by atoms with van der Waals surface area (Å²) in [5, 5.41) is 13.3. The van der Waals surface area contributed by atoms with E-state index in [0.717, 1.165) is 53.4 Å². The van der Waals surface area contributed by atoms with Crippen LogP contribution in [0.3, 0.4) is 0 Å². The van der Waals surface area contributed by atoms with Crippen LogP contribution in [0.15, 0.2) is 58.8 Å². The summed E-state index contributed by atoms with van der Waals surface area (Å²) in [4.78, 5) is 2.11. The predicted molar refractivity (Wildman–Crippen MR) is 104 cm³/mol. The molecule has 2 heterocycles. The number of benzene rings is 2. The SMILES string of the molecule is CCN1/C(=C\c2oc3ccccc3[n+]2CCCSOO[O-])Oc2ccccc21. The number of para-hydroxylation sites is 4. The van der Waals surface area contributed by atoms with E-state index in [1.807, 2.05) is 54.6 Å². The van der Waals surface area contributed by atoms with E-state index in [0.29, 0.717) is 18.2 Å². The normalized spacial score (nSPS) is 14.6. The molecule has 0 radical (unpaired) electrons. The summed E-state index contributed by atoms with van der Waals surface area (Å²) >= 11 is 0.988. The summed E-state index contributed by atoms with van der Waals surface area (Å²) in [7, 11) is 0. The van der Waals surface area contributed by atoms with Gasteiger partial charge >= 0.3 is 5.89 Å². The highest BCUT2D eigenvalue weighted by Gasteiger charge is 2.28. The van der Waals surface area contributed by atoms with Crippen LogP contribution in [0.1, 0.15) is 19.2 Å². The Kier molecular flexibility index (Phi) is 5.82. The number of ether oxygens (including phenoxy) is 1. The van der Waals surface area contributed by atoms with Gasteiger partial charge in [0.2, 0.25) is 11.5 Å². The Hall–Kier alpha value is -2.52. The highest BCUT2D eigenvalue weighted by Crippen LogP contribution is 2.38. The zero-order valence-corrected chi connectivity index (χ0v) is 16.2. The lowest BCUT2D eigenvalue weighted by atomic mass is 10.3. The molecule has 1 aromatic heterocycles. The van der Waals surface area contributed by atoms with Gasteiger partial charge in [0.15, 0.2) is 12.3 Å². The molecule has 0 bridgehead atoms. The summed E-state index contributed by atoms with van der Waals surface area (Å²) in [6, 6.07) is 15.9. The number of aromatic nitrogens is 1. The van der Waals surface area contributed by atoms with Gasteiger partial charge in [0.1, 0.15) is 6.08 Å². The largest absolute Gasteiger partial charge is 0.691 e. The lowest BCUT2D eigenvalue weighted by molar-refractivity contribution is -0.777. The van der Waals surface area contributed by atoms with Crippen molar-refractivity contribution < 1.29 is 28.4 Å². The minimum absolute atomic E-state index is 0.619. The molecular formula is C20H20N2O5S. The third kappa shape index (κ3) is 3.72. The topological polar surface area (TPSA) is 71.0 Å². The molecule has 0 fully saturated rings. The van der Waals surface area contributed by atoms with Crippen LogP contribution in [0.2, 0.25) is 0 Å². The number of nitrogens with zero attached hydrogens (tertiary/aromatic N) is 2. The molecule has 0 spiro atoms. The number of anilines is 1. The lowest BCUT2D eigenvalue weighted by Gasteiger charge is -2.14. The fourth-order valence-corrected chi connectivity index (χ4v) is 3.67. The molecule has 0 aliphatic carbocycles. The smallest absolute Gasteiger partial charge is 0.379 e. The van der Waals surface area contributed by atoms with Gasteiger partial charge in [0.25, 0.3) is 5.52 Å². The molecule has 28 heavy (non-hydrogen) atoms. The number of oxazole rings is 1. The Morgan fingerprint density at radius 1 is 1.18 bits per heavy atom. The van der Waals surface area contributed by atoms with Crippen LogP contribution < -0.4 is 19.5 Å². The van der Waals surface area contributed by atoms with Crippen molar-refractivity contribution in [2.45, 2.75) is 19.9 Å². The van der Waals surface area contributed by atoms with Crippen molar-refractivity contribution in [1.29, 1.82) is 0 Å². The van der Waals surface area contributed by atoms with E-state index in [4.69, 9.17) is 9.15 Å². The van der Waals surface area contributed by atoms with Gasteiger partial charge in [-0.15, -0.1) is 0 Å². The molecule has 0 unspecified atom stereocenters. The zero-order chi connectivity index (χ0) is 19.3. The van der Waals surface area contributed by atoms with Crippen LogP contribution in [0.25, 0.3) is 17.2 Å². The van der Waals surface area contributed by atoms with Gasteiger partial charge < -0.3 is 19.3 Å². The minimum atomic E-state index is 0.619. The number of hydrogen-bond acceptors (Lipinski definition) is 7. The molecule has 8 heteroatoms. The van der Waals surface area contributed by atoms with Gasteiger partial charge in [-0.25, -0.2) is 0 Å². The molecule has 0 amide bonds. The number of rotatable bonds is 8. The third-order valence-corrected chi connectivity index (χ3v) is 5.13. The van der Waals surface area contributed by atoms with Crippen molar-refractivity contribution in [3.05, 3.63) is 60.3 Å². The lowest BCUT2D eigenvalue weighted by Crippen LogP contribution is -2.36. The maximum absolute atomic E-state index is 9.91. The quantitative estimate of drug-likeness (QED) is 0.189. The molecular weight excluding hydrogens is 380 g/mol. The predicted octanol–water partition coefficient (Wildman–Crippen LogP) is 3.20. The molecule has 0 atom stereocenters. The summed E-state index contributed by atoms with van der Waals surface area (Å²) in [6.45, 7) is 3.57. The Morgan fingerprint density at radius 2 is 2.00 bits per heavy atom. The van der Waals surface area contributed by atoms with E-state index in [1.165, 1.54) is 0 Å². The zero-order valence-electron chi connectivity index (χ0n) is 15.4. The first-order chi connectivity index (χ1) is 13.8. The van der Waals surface area contributed by atoms with Crippen molar-refractivity contribution in [1.82, 2.24) is 0 Å². The third-order valence-electron chi connectivity index (χ3n) is 4.52. The monoisotopic (exact) mass is 400 g/mol. The standard InChI is InChI=1S/C20H20N2O5S/c1-2-21-15-8-3-5-10-17(15)24-19(21)14-20-22(12-7-13-28-27-26-23)16-9-4-6-11-18(16)25-20/h3-6,8-11,14H,2,7,12-13H2,1H3. The van der Waals surface area contributed by atoms with Crippen molar-refractivity contribution in [2.75, 3.05) is 17.2 Å². The van der Waals surface area contributed by atoms with Crippen LogP contribution in [0.5, 0.6) is 5.75 Å². The van der Waals surface area contributed by atoms with E-state index < -0.39 is 0 Å². The molecule has 1 aliphatic rings. The highest BCUT2D eigenvalue weighted by atomic mass is 32.2. The maximum Gasteiger partial charge on any atom is 0.379 e. The Labute approximate surface area is 166 Å². The second-order valence-corrected chi connectivity index (χ2v) is 6.95. The van der Waals surface area contributed by atoms with Crippen molar-refractivity contribution >= 4 is 34.9 Å². The molecule has 1 aliphatic heterocycles. The van der Waals surface area contributed by atoms with Crippen LogP contribution in [-0.2, 0) is 15.9 Å². The van der Waals surface area contributed by atoms with E-state index in [9.17, 15) is 5.26 Å². The molecule has 0 saturated heterocycles. The number of aryl methyl sites for hydroxylation is 1. The van der Waals surface area contributed by atoms with Gasteiger partial charge in [-0.1, -0.05) is 24.3 Å². The summed E-state index contributed by atoms with van der Waals surface area (Å²) in [5.41, 5.74) is 2.85. The van der Waals surface area contributed by atoms with Crippen molar-refractivity contribution in [3.63, 3.8) is 0 Å². The van der Waals surface area contributed by atoms with Crippen LogP contribution in [0, 0.1) is 0 Å². The maximum atomic E-state index is 9.91. The van der Waals surface area contributed by atoms with Gasteiger partial charge in [-0.3, -0.25) is 5.04 Å². The summed E-state index contributed by atoms with van der Waals surface area (Å²) in [6.07, 6.45) is 2.70. The fourth-order valence-electron chi connectivity index (χ4n) is 3.32. The second kappa shape index (κ2) is 8.66. The van der Waals surface area contributed by atoms with Crippen LogP contribution in [-0.4, -0.2) is 12.3 Å². The van der Waals surface area contributed by atoms with Gasteiger partial charge in [0.05, 0.1) is 5.69 Å².